The number of rotatable bonds is 2. The summed E-state index contributed by atoms with van der Waals surface area (Å²) in [6.45, 7) is 2.46. The van der Waals surface area contributed by atoms with E-state index in [0.717, 1.165) is 5.88 Å². The third-order valence-electron chi connectivity index (χ3n) is 4.08. The predicted molar refractivity (Wildman–Crippen MR) is 55.5 cm³/mol. The molecule has 0 aliphatic heterocycles. The van der Waals surface area contributed by atoms with Crippen molar-refractivity contribution in [2.75, 3.05) is 5.88 Å². The Morgan fingerprint density at radius 1 is 1.08 bits per heavy atom. The van der Waals surface area contributed by atoms with Crippen LogP contribution < -0.4 is 5.32 Å². The Kier molecular flexibility index (Phi) is 2.16. The van der Waals surface area contributed by atoms with Crippen molar-refractivity contribution in [3.63, 3.8) is 0 Å². The van der Waals surface area contributed by atoms with Crippen molar-refractivity contribution in [2.45, 2.75) is 51.0 Å². The van der Waals surface area contributed by atoms with Crippen molar-refractivity contribution in [3.8, 4) is 0 Å². The number of fused-ring (bicyclic) bond motifs is 3. The van der Waals surface area contributed by atoms with Crippen LogP contribution >= 0.6 is 12.6 Å². The number of thiol groups is 1. The molecule has 3 aliphatic rings. The molecule has 0 aromatic carbocycles. The minimum Gasteiger partial charge on any atom is -0.303 e. The first-order valence-electron chi connectivity index (χ1n) is 5.04. The van der Waals surface area contributed by atoms with Gasteiger partial charge in [0, 0.05) is 11.4 Å². The fourth-order valence-corrected chi connectivity index (χ4v) is 3.14. The van der Waals surface area contributed by atoms with Crippen molar-refractivity contribution in [1.29, 1.82) is 0 Å². The molecule has 2 bridgehead atoms. The number of hydrogen-bond donors (Lipinski definition) is 2. The highest BCUT2D eigenvalue weighted by atomic mass is 32.1. The van der Waals surface area contributed by atoms with Crippen LogP contribution in [0, 0.1) is 5.41 Å². The Labute approximate surface area is 80.7 Å². The number of nitrogens with one attached hydrogen (secondary N) is 1. The average Bonchev–Trinajstić information content (AvgIpc) is 2.08. The zero-order valence-corrected chi connectivity index (χ0v) is 8.79. The average molecular weight is 185 g/mol. The van der Waals surface area contributed by atoms with Crippen LogP contribution in [0.5, 0.6) is 0 Å². The minimum absolute atomic E-state index is 0.486. The Morgan fingerprint density at radius 2 is 1.58 bits per heavy atom. The van der Waals surface area contributed by atoms with E-state index in [1.54, 1.807) is 0 Å². The third kappa shape index (κ3) is 1.39. The van der Waals surface area contributed by atoms with Gasteiger partial charge in [0.1, 0.15) is 0 Å². The van der Waals surface area contributed by atoms with Crippen LogP contribution in [-0.2, 0) is 0 Å². The Hall–Kier alpha value is 0.310. The molecule has 0 spiro atoms. The van der Waals surface area contributed by atoms with Gasteiger partial charge in [-0.3, -0.25) is 0 Å². The van der Waals surface area contributed by atoms with E-state index in [9.17, 15) is 0 Å². The second-order valence-electron chi connectivity index (χ2n) is 4.93. The molecule has 0 radical (unpaired) electrons. The molecule has 3 saturated carbocycles. The summed E-state index contributed by atoms with van der Waals surface area (Å²) in [6, 6.07) is 0. The van der Waals surface area contributed by atoms with E-state index in [1.807, 2.05) is 0 Å². The quantitative estimate of drug-likeness (QED) is 0.498. The van der Waals surface area contributed by atoms with Gasteiger partial charge in [0.05, 0.1) is 0 Å². The lowest BCUT2D eigenvalue weighted by Crippen LogP contribution is -2.53. The fourth-order valence-electron chi connectivity index (χ4n) is 2.81. The molecule has 3 fully saturated rings. The molecule has 2 heteroatoms. The maximum atomic E-state index is 4.27. The molecular weight excluding hydrogens is 166 g/mol. The molecule has 0 atom stereocenters. The smallest absolute Gasteiger partial charge is 0.0391 e. The van der Waals surface area contributed by atoms with E-state index in [2.05, 4.69) is 24.9 Å². The molecule has 0 aromatic rings. The topological polar surface area (TPSA) is 12.0 Å². The zero-order chi connectivity index (χ0) is 8.66. The maximum absolute atomic E-state index is 4.27. The summed E-state index contributed by atoms with van der Waals surface area (Å²) in [5, 5.41) is 3.57. The van der Waals surface area contributed by atoms with Crippen molar-refractivity contribution in [2.24, 2.45) is 5.41 Å². The van der Waals surface area contributed by atoms with Crippen LogP contribution in [-0.4, -0.2) is 11.4 Å². The highest BCUT2D eigenvalue weighted by molar-refractivity contribution is 7.80. The lowest BCUT2D eigenvalue weighted by atomic mass is 9.58. The minimum atomic E-state index is 0.486. The van der Waals surface area contributed by atoms with Gasteiger partial charge in [0.25, 0.3) is 0 Å². The molecule has 0 saturated heterocycles. The first-order valence-corrected chi connectivity index (χ1v) is 5.67. The Morgan fingerprint density at radius 3 is 2.00 bits per heavy atom. The number of hydrogen-bond acceptors (Lipinski definition) is 2. The van der Waals surface area contributed by atoms with Gasteiger partial charge in [-0.25, -0.2) is 0 Å². The summed E-state index contributed by atoms with van der Waals surface area (Å²) in [4.78, 5) is 0. The van der Waals surface area contributed by atoms with Gasteiger partial charge in [0.15, 0.2) is 0 Å². The maximum Gasteiger partial charge on any atom is 0.0391 e. The molecule has 70 valence electrons. The zero-order valence-electron chi connectivity index (χ0n) is 7.90. The van der Waals surface area contributed by atoms with Crippen LogP contribution in [0.1, 0.15) is 45.4 Å². The predicted octanol–water partition coefficient (Wildman–Crippen LogP) is 2.58. The van der Waals surface area contributed by atoms with Gasteiger partial charge in [-0.05, 0) is 43.9 Å². The van der Waals surface area contributed by atoms with Crippen molar-refractivity contribution >= 4 is 12.6 Å². The largest absolute Gasteiger partial charge is 0.303 e. The first kappa shape index (κ1) is 8.89. The summed E-state index contributed by atoms with van der Waals surface area (Å²) >= 11 is 4.27. The van der Waals surface area contributed by atoms with E-state index in [4.69, 9.17) is 0 Å². The molecule has 12 heavy (non-hydrogen) atoms. The molecule has 0 aromatic heterocycles. The van der Waals surface area contributed by atoms with Crippen molar-refractivity contribution in [1.82, 2.24) is 5.32 Å². The summed E-state index contributed by atoms with van der Waals surface area (Å²) in [5.74, 6) is 0.844. The highest BCUT2D eigenvalue weighted by Gasteiger charge is 2.45. The monoisotopic (exact) mass is 185 g/mol. The normalized spacial score (nSPS) is 46.5. The highest BCUT2D eigenvalue weighted by Crippen LogP contribution is 2.51. The van der Waals surface area contributed by atoms with Gasteiger partial charge in [0.2, 0.25) is 0 Å². The molecule has 3 aliphatic carbocycles. The molecule has 1 nitrogen and oxygen atoms in total. The summed E-state index contributed by atoms with van der Waals surface area (Å²) in [5.41, 5.74) is 1.18. The molecule has 0 unspecified atom stereocenters. The van der Waals surface area contributed by atoms with Crippen molar-refractivity contribution < 1.29 is 0 Å². The van der Waals surface area contributed by atoms with Gasteiger partial charge in [-0.1, -0.05) is 6.92 Å². The van der Waals surface area contributed by atoms with E-state index in [-0.39, 0.29) is 0 Å². The summed E-state index contributed by atoms with van der Waals surface area (Å²) < 4.78 is 0. The lowest BCUT2D eigenvalue weighted by Gasteiger charge is -2.52. The van der Waals surface area contributed by atoms with Crippen LogP contribution in [0.3, 0.4) is 0 Å². The van der Waals surface area contributed by atoms with Crippen LogP contribution in [0.4, 0.5) is 0 Å². The third-order valence-corrected chi connectivity index (χ3v) is 4.23. The molecule has 3 rings (SSSR count). The van der Waals surface area contributed by atoms with Crippen LogP contribution in [0.15, 0.2) is 0 Å². The second kappa shape index (κ2) is 2.91. The molecular formula is C10H19NS. The van der Waals surface area contributed by atoms with Gasteiger partial charge >= 0.3 is 0 Å². The Balaban J connectivity index is 2.04. The fraction of sp³-hybridized carbons (Fsp3) is 1.00. The van der Waals surface area contributed by atoms with Crippen LogP contribution in [0.25, 0.3) is 0 Å². The van der Waals surface area contributed by atoms with Gasteiger partial charge in [-0.15, -0.1) is 0 Å². The SMILES string of the molecule is CC12CCC(NCS)(CC1)CC2. The standard InChI is InChI=1S/C10H19NS/c1-9-2-5-10(6-3-9,7-4-9)11-8-12/h11-12H,2-8H2,1H3. The molecule has 0 heterocycles. The van der Waals surface area contributed by atoms with Gasteiger partial charge in [-0.2, -0.15) is 12.6 Å². The molecule has 1 N–H and O–H groups in total. The Bertz CT molecular complexity index is 154. The van der Waals surface area contributed by atoms with E-state index >= 15 is 0 Å². The second-order valence-corrected chi connectivity index (χ2v) is 5.24. The first-order chi connectivity index (χ1) is 5.68. The molecule has 0 amide bonds. The van der Waals surface area contributed by atoms with E-state index < -0.39 is 0 Å². The van der Waals surface area contributed by atoms with E-state index in [0.29, 0.717) is 11.0 Å². The summed E-state index contributed by atoms with van der Waals surface area (Å²) in [7, 11) is 0. The summed E-state index contributed by atoms with van der Waals surface area (Å²) in [6.07, 6.45) is 8.41. The van der Waals surface area contributed by atoms with Crippen molar-refractivity contribution in [3.05, 3.63) is 0 Å². The lowest BCUT2D eigenvalue weighted by molar-refractivity contribution is 0.0408. The van der Waals surface area contributed by atoms with Gasteiger partial charge < -0.3 is 5.32 Å². The van der Waals surface area contributed by atoms with E-state index in [1.165, 1.54) is 38.5 Å². The van der Waals surface area contributed by atoms with Crippen LogP contribution in [0.2, 0.25) is 0 Å².